The van der Waals surface area contributed by atoms with Gasteiger partial charge in [-0.1, -0.05) is 0 Å². The van der Waals surface area contributed by atoms with E-state index in [1.807, 2.05) is 0 Å². The summed E-state index contributed by atoms with van der Waals surface area (Å²) >= 11 is 0. The Kier molecular flexibility index (Phi) is 4.80. The van der Waals surface area contributed by atoms with Crippen LogP contribution in [-0.2, 0) is 18.4 Å². The molecular formula is C10H16N6O8P2. The monoisotopic (exact) mass is 410 g/mol. The molecule has 8 N–H and O–H groups in total. The Hall–Kier alpha value is -1.63. The van der Waals surface area contributed by atoms with E-state index in [4.69, 9.17) is 30.5 Å². The van der Waals surface area contributed by atoms with Crippen molar-refractivity contribution in [3.63, 3.8) is 0 Å². The van der Waals surface area contributed by atoms with Crippen LogP contribution in [0.5, 0.6) is 0 Å². The van der Waals surface area contributed by atoms with Gasteiger partial charge in [0.15, 0.2) is 23.4 Å². The number of aromatic amines is 1. The van der Waals surface area contributed by atoms with Gasteiger partial charge in [0.1, 0.15) is 6.23 Å². The van der Waals surface area contributed by atoms with Crippen molar-refractivity contribution < 1.29 is 33.1 Å². The Morgan fingerprint density at radius 3 is 2.77 bits per heavy atom. The molecule has 26 heavy (non-hydrogen) atoms. The molecule has 2 aromatic heterocycles. The highest BCUT2D eigenvalue weighted by Crippen LogP contribution is 2.57. The molecule has 0 aromatic carbocycles. The van der Waals surface area contributed by atoms with Crippen LogP contribution in [0.15, 0.2) is 11.1 Å². The molecule has 1 saturated heterocycles. The number of nitrogen functional groups attached to an aromatic ring is 1. The van der Waals surface area contributed by atoms with Crippen LogP contribution in [0.25, 0.3) is 11.2 Å². The lowest BCUT2D eigenvalue weighted by molar-refractivity contribution is -0.103. The van der Waals surface area contributed by atoms with Crippen molar-refractivity contribution in [3.05, 3.63) is 16.7 Å². The van der Waals surface area contributed by atoms with Crippen molar-refractivity contribution in [3.8, 4) is 0 Å². The summed E-state index contributed by atoms with van der Waals surface area (Å²) in [7, 11) is -9.43. The Labute approximate surface area is 144 Å². The third kappa shape index (κ3) is 4.03. The maximum atomic E-state index is 11.8. The Morgan fingerprint density at radius 1 is 1.42 bits per heavy atom. The summed E-state index contributed by atoms with van der Waals surface area (Å²) in [6, 6.07) is -0.881. The van der Waals surface area contributed by atoms with Crippen molar-refractivity contribution in [1.82, 2.24) is 19.5 Å². The van der Waals surface area contributed by atoms with Gasteiger partial charge in [0.25, 0.3) is 5.56 Å². The van der Waals surface area contributed by atoms with Gasteiger partial charge in [-0.2, -0.15) is 4.98 Å². The van der Waals surface area contributed by atoms with E-state index in [-0.39, 0.29) is 23.5 Å². The summed E-state index contributed by atoms with van der Waals surface area (Å²) in [5, 5.41) is 0. The second-order valence-corrected chi connectivity index (χ2v) is 9.63. The van der Waals surface area contributed by atoms with Gasteiger partial charge in [-0.05, 0) is 0 Å². The van der Waals surface area contributed by atoms with Crippen molar-refractivity contribution >= 4 is 32.3 Å². The fourth-order valence-corrected chi connectivity index (χ4v) is 5.18. The third-order valence-corrected chi connectivity index (χ3v) is 6.95. The number of imidazole rings is 1. The van der Waals surface area contributed by atoms with Gasteiger partial charge in [-0.15, -0.1) is 0 Å². The lowest BCUT2D eigenvalue weighted by Crippen LogP contribution is -2.31. The molecule has 0 spiro atoms. The topological polar surface area (TPSA) is 229 Å². The average Bonchev–Trinajstić information content (AvgIpc) is 3.00. The van der Waals surface area contributed by atoms with Crippen LogP contribution in [0.4, 0.5) is 5.95 Å². The quantitative estimate of drug-likeness (QED) is 0.313. The van der Waals surface area contributed by atoms with E-state index in [0.29, 0.717) is 0 Å². The summed E-state index contributed by atoms with van der Waals surface area (Å²) in [6.07, 6.45) is -0.885. The second kappa shape index (κ2) is 6.51. The molecule has 0 bridgehead atoms. The first kappa shape index (κ1) is 19.1. The number of nitrogens with zero attached hydrogens (tertiary/aromatic N) is 3. The van der Waals surface area contributed by atoms with Gasteiger partial charge in [-0.3, -0.25) is 28.0 Å². The summed E-state index contributed by atoms with van der Waals surface area (Å²) in [5.74, 6) is -1.50. The van der Waals surface area contributed by atoms with Crippen LogP contribution in [0.2, 0.25) is 0 Å². The molecule has 3 rings (SSSR count). The highest BCUT2D eigenvalue weighted by molar-refractivity contribution is 7.70. The van der Waals surface area contributed by atoms with Crippen LogP contribution < -0.4 is 17.0 Å². The molecule has 144 valence electrons. The van der Waals surface area contributed by atoms with Crippen LogP contribution in [0.3, 0.4) is 0 Å². The van der Waals surface area contributed by atoms with Gasteiger partial charge in [-0.25, -0.2) is 4.98 Å². The minimum absolute atomic E-state index is 0.00932. The van der Waals surface area contributed by atoms with Crippen LogP contribution in [-0.4, -0.2) is 52.4 Å². The predicted octanol–water partition coefficient (Wildman–Crippen LogP) is -1.39. The van der Waals surface area contributed by atoms with Gasteiger partial charge in [0.05, 0.1) is 12.4 Å². The van der Waals surface area contributed by atoms with Gasteiger partial charge in [0, 0.05) is 6.42 Å². The number of hydrogen-bond donors (Lipinski definition) is 6. The number of H-pyrrole nitrogens is 1. The van der Waals surface area contributed by atoms with E-state index < -0.39 is 45.2 Å². The summed E-state index contributed by atoms with van der Waals surface area (Å²) in [5.41, 5.74) is 10.9. The van der Waals surface area contributed by atoms with Gasteiger partial charge in [0.2, 0.25) is 5.95 Å². The fourth-order valence-electron chi connectivity index (χ4n) is 2.52. The van der Waals surface area contributed by atoms with E-state index in [2.05, 4.69) is 15.0 Å². The molecule has 16 heteroatoms. The fraction of sp³-hybridized carbons (Fsp3) is 0.500. The Balaban J connectivity index is 1.82. The molecule has 0 amide bonds. The molecule has 2 aromatic rings. The molecule has 0 radical (unpaired) electrons. The van der Waals surface area contributed by atoms with Crippen LogP contribution in [0.1, 0.15) is 12.6 Å². The third-order valence-electron chi connectivity index (χ3n) is 3.51. The van der Waals surface area contributed by atoms with E-state index in [0.717, 1.165) is 0 Å². The zero-order valence-electron chi connectivity index (χ0n) is 13.0. The number of rotatable bonds is 5. The smallest absolute Gasteiger partial charge is 0.342 e. The molecule has 4 atom stereocenters. The zero-order valence-corrected chi connectivity index (χ0v) is 14.8. The minimum atomic E-state index is -4.78. The van der Waals surface area contributed by atoms with Crippen molar-refractivity contribution in [2.24, 2.45) is 5.73 Å². The summed E-state index contributed by atoms with van der Waals surface area (Å²) < 4.78 is 34.4. The van der Waals surface area contributed by atoms with Crippen molar-refractivity contribution in [2.75, 3.05) is 11.6 Å². The second-order valence-electron chi connectivity index (χ2n) is 5.68. The molecule has 1 aliphatic rings. The van der Waals surface area contributed by atoms with E-state index >= 15 is 0 Å². The molecular weight excluding hydrogens is 394 g/mol. The normalized spacial score (nSPS) is 26.2. The number of anilines is 1. The van der Waals surface area contributed by atoms with Gasteiger partial charge >= 0.3 is 15.2 Å². The van der Waals surface area contributed by atoms with Gasteiger partial charge < -0.3 is 30.9 Å². The van der Waals surface area contributed by atoms with Crippen LogP contribution in [0, 0.1) is 0 Å². The molecule has 1 aliphatic heterocycles. The number of nitrogens with one attached hydrogen (secondary N) is 1. The molecule has 3 heterocycles. The molecule has 0 saturated carbocycles. The molecule has 0 aliphatic carbocycles. The highest BCUT2D eigenvalue weighted by Gasteiger charge is 2.41. The summed E-state index contributed by atoms with van der Waals surface area (Å²) in [6.45, 7) is 0. The maximum Gasteiger partial charge on any atom is 0.342 e. The standard InChI is InChI=1S/C10H16N6O8P2/c11-4-1-5(23-9(4)24-26(21,22)3-25(18,19)20)16-2-13-6-7(16)14-10(12)15-8(6)17/h2,4-5,9H,1,3,11H2,(H,21,22)(H2,18,19,20)(H3,12,14,15,17)/t4-,5+,9+/m0/s1. The number of hydrogen-bond acceptors (Lipinski definition) is 9. The Morgan fingerprint density at radius 2 is 2.12 bits per heavy atom. The Bertz CT molecular complexity index is 984. The van der Waals surface area contributed by atoms with E-state index in [1.54, 1.807) is 0 Å². The van der Waals surface area contributed by atoms with Crippen LogP contribution >= 0.6 is 15.2 Å². The lowest BCUT2D eigenvalue weighted by Gasteiger charge is -2.20. The number of fused-ring (bicyclic) bond motifs is 1. The first-order valence-electron chi connectivity index (χ1n) is 7.13. The van der Waals surface area contributed by atoms with E-state index in [1.165, 1.54) is 10.9 Å². The minimum Gasteiger partial charge on any atom is -0.369 e. The zero-order chi connectivity index (χ0) is 19.3. The largest absolute Gasteiger partial charge is 0.369 e. The molecule has 1 fully saturated rings. The summed E-state index contributed by atoms with van der Waals surface area (Å²) in [4.78, 5) is 49.2. The molecule has 14 nitrogen and oxygen atoms in total. The predicted molar refractivity (Wildman–Crippen MR) is 86.9 cm³/mol. The average molecular weight is 410 g/mol. The SMILES string of the molecule is Nc1nc2c(ncn2[C@H]2C[C@H](N)[C@@H](OP(=O)(O)CP(=O)(O)O)O2)c(=O)[nH]1. The number of ether oxygens (including phenoxy) is 1. The molecule has 1 unspecified atom stereocenters. The first-order chi connectivity index (χ1) is 12.0. The van der Waals surface area contributed by atoms with Crippen molar-refractivity contribution in [1.29, 1.82) is 0 Å². The number of aromatic nitrogens is 4. The van der Waals surface area contributed by atoms with E-state index in [9.17, 15) is 18.8 Å². The first-order valence-corrected chi connectivity index (χ1v) is 10.7. The number of nitrogens with two attached hydrogens (primary N) is 2. The lowest BCUT2D eigenvalue weighted by atomic mass is 10.2. The van der Waals surface area contributed by atoms with Crippen molar-refractivity contribution in [2.45, 2.75) is 25.0 Å². The highest BCUT2D eigenvalue weighted by atomic mass is 31.2. The maximum absolute atomic E-state index is 11.8.